The summed E-state index contributed by atoms with van der Waals surface area (Å²) >= 11 is 0. The number of hydrogen-bond acceptors (Lipinski definition) is 4. The summed E-state index contributed by atoms with van der Waals surface area (Å²) in [7, 11) is 3.95. The average molecular weight is 335 g/mol. The molecule has 2 aromatic rings. The summed E-state index contributed by atoms with van der Waals surface area (Å²) in [4.78, 5) is 19.2. The van der Waals surface area contributed by atoms with Crippen LogP contribution in [0, 0.1) is 0 Å². The maximum Gasteiger partial charge on any atom is 0.280 e. The van der Waals surface area contributed by atoms with Gasteiger partial charge in [-0.3, -0.25) is 4.79 Å². The Morgan fingerprint density at radius 3 is 2.80 bits per heavy atom. The van der Waals surface area contributed by atoms with Gasteiger partial charge in [-0.1, -0.05) is 0 Å². The Balaban J connectivity index is 1.57. The first-order valence-electron chi connectivity index (χ1n) is 8.05. The van der Waals surface area contributed by atoms with E-state index in [1.165, 1.54) is 0 Å². The third-order valence-corrected chi connectivity index (χ3v) is 4.44. The van der Waals surface area contributed by atoms with E-state index < -0.39 is 0 Å². The maximum absolute atomic E-state index is 12.8. The van der Waals surface area contributed by atoms with Gasteiger partial charge in [0.1, 0.15) is 12.0 Å². The largest absolute Gasteiger partial charge is 0.464 e. The molecule has 0 saturated heterocycles. The summed E-state index contributed by atoms with van der Waals surface area (Å²) in [6.07, 6.45) is 7.31. The van der Waals surface area contributed by atoms with Crippen LogP contribution in [0.3, 0.4) is 0 Å². The van der Waals surface area contributed by atoms with Gasteiger partial charge in [0.2, 0.25) is 0 Å². The minimum atomic E-state index is -0.155. The van der Waals surface area contributed by atoms with Crippen LogP contribution >= 0.6 is 0 Å². The Morgan fingerprint density at radius 2 is 2.08 bits per heavy atom. The third kappa shape index (κ3) is 2.66. The van der Waals surface area contributed by atoms with E-state index in [0.29, 0.717) is 16.8 Å². The molecule has 0 aliphatic carbocycles. The fraction of sp³-hybridized carbons (Fsp3) is 0.158. The number of nitrogens with one attached hydrogen (secondary N) is 1. The van der Waals surface area contributed by atoms with E-state index in [2.05, 4.69) is 10.3 Å². The number of aliphatic imine (C=N–C) groups is 1. The smallest absolute Gasteiger partial charge is 0.280 e. The molecule has 126 valence electrons. The Hall–Kier alpha value is -3.12. The lowest BCUT2D eigenvalue weighted by molar-refractivity contribution is -0.822. The zero-order valence-corrected chi connectivity index (χ0v) is 14.1. The molecule has 3 heterocycles. The zero-order valence-electron chi connectivity index (χ0n) is 14.1. The predicted octanol–water partition coefficient (Wildman–Crippen LogP) is 3.00. The van der Waals surface area contributed by atoms with Crippen molar-refractivity contribution in [2.75, 3.05) is 26.1 Å². The molecule has 0 fully saturated rings. The SMILES string of the molecule is CN1C[N+]2(C)C=CC=NC2=C1C(=O)Nc1ccc(-c2ccco2)cc1. The summed E-state index contributed by atoms with van der Waals surface area (Å²) in [6, 6.07) is 11.3. The van der Waals surface area contributed by atoms with Gasteiger partial charge < -0.3 is 14.6 Å². The molecule has 6 nitrogen and oxygen atoms in total. The van der Waals surface area contributed by atoms with Gasteiger partial charge in [-0.2, -0.15) is 0 Å². The molecular weight excluding hydrogens is 316 g/mol. The van der Waals surface area contributed by atoms with E-state index >= 15 is 0 Å². The van der Waals surface area contributed by atoms with Gasteiger partial charge in [0.25, 0.3) is 11.7 Å². The fourth-order valence-electron chi connectivity index (χ4n) is 3.27. The number of furan rings is 1. The number of allylic oxidation sites excluding steroid dienone is 1. The molecule has 1 aromatic carbocycles. The molecule has 0 saturated carbocycles. The summed E-state index contributed by atoms with van der Waals surface area (Å²) in [5.41, 5.74) is 2.30. The average Bonchev–Trinajstić information content (AvgIpc) is 3.20. The van der Waals surface area contributed by atoms with Crippen LogP contribution in [-0.2, 0) is 4.79 Å². The second-order valence-electron chi connectivity index (χ2n) is 6.41. The van der Waals surface area contributed by atoms with Crippen LogP contribution in [0.1, 0.15) is 0 Å². The van der Waals surface area contributed by atoms with Gasteiger partial charge in [0.05, 0.1) is 13.3 Å². The van der Waals surface area contributed by atoms with E-state index in [0.717, 1.165) is 22.8 Å². The normalized spacial score (nSPS) is 21.6. The Kier molecular flexibility index (Phi) is 3.54. The van der Waals surface area contributed by atoms with Gasteiger partial charge in [0, 0.05) is 30.6 Å². The Bertz CT molecular complexity index is 894. The standard InChI is InChI=1S/C19H18N4O2/c1-22-13-23(2)11-4-10-20-18(23)17(22)19(24)21-15-8-6-14(7-9-15)16-5-3-12-25-16/h3-12H,13H2,1-2H3/p+1. The number of carbonyl (C=O) groups is 1. The number of anilines is 1. The monoisotopic (exact) mass is 335 g/mol. The molecule has 1 atom stereocenters. The lowest BCUT2D eigenvalue weighted by Gasteiger charge is -2.25. The van der Waals surface area contributed by atoms with Gasteiger partial charge in [-0.15, -0.1) is 0 Å². The van der Waals surface area contributed by atoms with Gasteiger partial charge in [-0.05, 0) is 36.4 Å². The first-order valence-corrected chi connectivity index (χ1v) is 8.05. The lowest BCUT2D eigenvalue weighted by Crippen LogP contribution is -2.38. The van der Waals surface area contributed by atoms with Crippen LogP contribution in [0.4, 0.5) is 5.69 Å². The fourth-order valence-corrected chi connectivity index (χ4v) is 3.27. The van der Waals surface area contributed by atoms with Crippen molar-refractivity contribution in [1.82, 2.24) is 4.90 Å². The van der Waals surface area contributed by atoms with Crippen LogP contribution in [0.25, 0.3) is 11.3 Å². The quantitative estimate of drug-likeness (QED) is 0.877. The van der Waals surface area contributed by atoms with Gasteiger partial charge in [0.15, 0.2) is 12.4 Å². The minimum absolute atomic E-state index is 0.155. The van der Waals surface area contributed by atoms with Crippen molar-refractivity contribution in [2.45, 2.75) is 0 Å². The van der Waals surface area contributed by atoms with Crippen LogP contribution < -0.4 is 5.32 Å². The molecule has 2 aliphatic rings. The molecule has 25 heavy (non-hydrogen) atoms. The van der Waals surface area contributed by atoms with Crippen molar-refractivity contribution < 1.29 is 13.7 Å². The van der Waals surface area contributed by atoms with Crippen molar-refractivity contribution >= 4 is 17.8 Å². The highest BCUT2D eigenvalue weighted by Gasteiger charge is 2.43. The number of carbonyl (C=O) groups excluding carboxylic acids is 1. The molecule has 0 bridgehead atoms. The zero-order chi connectivity index (χ0) is 17.4. The first kappa shape index (κ1) is 15.4. The highest BCUT2D eigenvalue weighted by Crippen LogP contribution is 2.32. The van der Waals surface area contributed by atoms with Crippen molar-refractivity contribution in [3.63, 3.8) is 0 Å². The number of fused-ring (bicyclic) bond motifs is 1. The molecule has 1 amide bonds. The Morgan fingerprint density at radius 1 is 1.28 bits per heavy atom. The highest BCUT2D eigenvalue weighted by atomic mass is 16.3. The van der Waals surface area contributed by atoms with Crippen molar-refractivity contribution in [2.24, 2.45) is 4.99 Å². The third-order valence-electron chi connectivity index (χ3n) is 4.44. The number of likely N-dealkylation sites (N-methyl/N-ethyl adjacent to an activating group) is 1. The second kappa shape index (κ2) is 5.75. The van der Waals surface area contributed by atoms with Crippen LogP contribution in [-0.4, -0.2) is 42.3 Å². The predicted molar refractivity (Wildman–Crippen MR) is 96.2 cm³/mol. The molecule has 6 heteroatoms. The van der Waals surface area contributed by atoms with E-state index in [1.807, 2.05) is 67.7 Å². The molecule has 0 spiro atoms. The van der Waals surface area contributed by atoms with E-state index in [1.54, 1.807) is 12.5 Å². The highest BCUT2D eigenvalue weighted by molar-refractivity contribution is 6.04. The molecule has 4 rings (SSSR count). The topological polar surface area (TPSA) is 57.8 Å². The molecule has 2 aliphatic heterocycles. The van der Waals surface area contributed by atoms with Crippen molar-refractivity contribution in [1.29, 1.82) is 0 Å². The summed E-state index contributed by atoms with van der Waals surface area (Å²) in [5, 5.41) is 2.96. The van der Waals surface area contributed by atoms with Crippen LogP contribution in [0.15, 0.2) is 75.9 Å². The molecule has 1 unspecified atom stereocenters. The van der Waals surface area contributed by atoms with E-state index in [4.69, 9.17) is 4.42 Å². The number of rotatable bonds is 3. The maximum atomic E-state index is 12.8. The number of nitrogens with zero attached hydrogens (tertiary/aromatic N) is 3. The summed E-state index contributed by atoms with van der Waals surface area (Å²) < 4.78 is 5.89. The van der Waals surface area contributed by atoms with Crippen molar-refractivity contribution in [3.05, 3.63) is 66.5 Å². The number of amides is 1. The van der Waals surface area contributed by atoms with E-state index in [-0.39, 0.29) is 5.91 Å². The molecule has 0 radical (unpaired) electrons. The van der Waals surface area contributed by atoms with Crippen molar-refractivity contribution in [3.8, 4) is 11.3 Å². The van der Waals surface area contributed by atoms with E-state index in [9.17, 15) is 4.79 Å². The second-order valence-corrected chi connectivity index (χ2v) is 6.41. The number of hydrogen-bond donors (Lipinski definition) is 1. The Labute approximate surface area is 146 Å². The lowest BCUT2D eigenvalue weighted by atomic mass is 10.1. The minimum Gasteiger partial charge on any atom is -0.464 e. The van der Waals surface area contributed by atoms with Gasteiger partial charge >= 0.3 is 0 Å². The summed E-state index contributed by atoms with van der Waals surface area (Å²) in [6.45, 7) is 0.684. The first-order chi connectivity index (χ1) is 12.1. The molecule has 1 N–H and O–H groups in total. The number of benzene rings is 1. The van der Waals surface area contributed by atoms with Crippen LogP contribution in [0.5, 0.6) is 0 Å². The summed E-state index contributed by atoms with van der Waals surface area (Å²) in [5.74, 6) is 1.40. The molecule has 1 aromatic heterocycles. The van der Waals surface area contributed by atoms with Gasteiger partial charge in [-0.25, -0.2) is 9.48 Å². The number of quaternary nitrogens is 1. The molecular formula is C19H19N4O2+. The van der Waals surface area contributed by atoms with Crippen LogP contribution in [0.2, 0.25) is 0 Å².